The van der Waals surface area contributed by atoms with E-state index in [-0.39, 0.29) is 0 Å². The van der Waals surface area contributed by atoms with Crippen molar-refractivity contribution in [3.05, 3.63) is 24.3 Å². The largest absolute Gasteiger partial charge is 0.388 e. The number of allylic oxidation sites excluding steroid dienone is 1. The molecule has 0 heterocycles. The zero-order valence-electron chi connectivity index (χ0n) is 6.58. The van der Waals surface area contributed by atoms with E-state index in [4.69, 9.17) is 0 Å². The summed E-state index contributed by atoms with van der Waals surface area (Å²) in [6.07, 6.45) is 4.22. The lowest BCUT2D eigenvalue weighted by molar-refractivity contribution is -0.117. The molecule has 1 rings (SSSR count). The van der Waals surface area contributed by atoms with Gasteiger partial charge < -0.3 is 9.90 Å². The van der Waals surface area contributed by atoms with Crippen LogP contribution in [0.5, 0.6) is 0 Å². The molecule has 2 unspecified atom stereocenters. The molecule has 0 spiro atoms. The minimum Gasteiger partial charge on any atom is -0.388 e. The van der Waals surface area contributed by atoms with E-state index < -0.39 is 11.5 Å². The molecule has 0 radical (unpaired) electrons. The fourth-order valence-electron chi connectivity index (χ4n) is 1.12. The predicted molar refractivity (Wildman–Crippen MR) is 43.1 cm³/mol. The molecule has 11 heavy (non-hydrogen) atoms. The zero-order chi connectivity index (χ0) is 8.48. The molecule has 0 aliphatic heterocycles. The monoisotopic (exact) mass is 152 g/mol. The first-order valence-corrected chi connectivity index (χ1v) is 3.60. The number of carbonyl (C=O) groups excluding carboxylic acids is 1. The van der Waals surface area contributed by atoms with Crippen molar-refractivity contribution < 1.29 is 9.90 Å². The van der Waals surface area contributed by atoms with E-state index in [0.29, 0.717) is 6.42 Å². The van der Waals surface area contributed by atoms with E-state index in [2.05, 4.69) is 6.58 Å². The smallest absolute Gasteiger partial charge is 0.132 e. The molecule has 0 aromatic carbocycles. The maximum Gasteiger partial charge on any atom is 0.132 e. The SMILES string of the molecule is C=C1CC=CC(O)C1(C)C=O. The van der Waals surface area contributed by atoms with Crippen LogP contribution in [0, 0.1) is 5.41 Å². The Kier molecular flexibility index (Phi) is 1.96. The van der Waals surface area contributed by atoms with Crippen LogP contribution in [0.1, 0.15) is 13.3 Å². The Labute approximate surface area is 66.2 Å². The highest BCUT2D eigenvalue weighted by Crippen LogP contribution is 2.34. The van der Waals surface area contributed by atoms with E-state index >= 15 is 0 Å². The molecule has 2 heteroatoms. The molecule has 0 bridgehead atoms. The van der Waals surface area contributed by atoms with Crippen molar-refractivity contribution >= 4 is 6.29 Å². The van der Waals surface area contributed by atoms with Gasteiger partial charge in [-0.2, -0.15) is 0 Å². The second-order valence-electron chi connectivity index (χ2n) is 3.08. The number of rotatable bonds is 1. The van der Waals surface area contributed by atoms with Crippen molar-refractivity contribution in [2.75, 3.05) is 0 Å². The molecular weight excluding hydrogens is 140 g/mol. The standard InChI is InChI=1S/C9H12O2/c1-7-4-3-5-8(11)9(7,2)6-10/h3,5-6,8,11H,1,4H2,2H3. The van der Waals surface area contributed by atoms with E-state index in [0.717, 1.165) is 11.9 Å². The summed E-state index contributed by atoms with van der Waals surface area (Å²) in [7, 11) is 0. The Morgan fingerprint density at radius 1 is 1.91 bits per heavy atom. The molecular formula is C9H12O2. The van der Waals surface area contributed by atoms with E-state index in [1.165, 1.54) is 0 Å². The Hall–Kier alpha value is -0.890. The van der Waals surface area contributed by atoms with Crippen molar-refractivity contribution in [1.82, 2.24) is 0 Å². The van der Waals surface area contributed by atoms with Crippen LogP contribution in [-0.4, -0.2) is 17.5 Å². The first kappa shape index (κ1) is 8.21. The number of hydrogen-bond acceptors (Lipinski definition) is 2. The predicted octanol–water partition coefficient (Wildman–Crippen LogP) is 1.07. The quantitative estimate of drug-likeness (QED) is 0.450. The van der Waals surface area contributed by atoms with Gasteiger partial charge in [-0.25, -0.2) is 0 Å². The minimum atomic E-state index is -0.769. The van der Waals surface area contributed by atoms with Gasteiger partial charge in [0.1, 0.15) is 6.29 Å². The third-order valence-electron chi connectivity index (χ3n) is 2.30. The highest BCUT2D eigenvalue weighted by atomic mass is 16.3. The highest BCUT2D eigenvalue weighted by Gasteiger charge is 2.35. The van der Waals surface area contributed by atoms with Gasteiger partial charge >= 0.3 is 0 Å². The zero-order valence-corrected chi connectivity index (χ0v) is 6.58. The molecule has 1 aliphatic rings. The van der Waals surface area contributed by atoms with Gasteiger partial charge in [-0.05, 0) is 13.3 Å². The Balaban J connectivity index is 3.00. The van der Waals surface area contributed by atoms with Crippen molar-refractivity contribution in [3.8, 4) is 0 Å². The number of aliphatic hydroxyl groups is 1. The molecule has 60 valence electrons. The normalized spacial score (nSPS) is 37.3. The molecule has 1 N–H and O–H groups in total. The van der Waals surface area contributed by atoms with Gasteiger partial charge in [0, 0.05) is 0 Å². The Bertz CT molecular complexity index is 218. The fourth-order valence-corrected chi connectivity index (χ4v) is 1.12. The average Bonchev–Trinajstić information content (AvgIpc) is 2.00. The van der Waals surface area contributed by atoms with Gasteiger partial charge in [0.2, 0.25) is 0 Å². The van der Waals surface area contributed by atoms with Gasteiger partial charge in [0.25, 0.3) is 0 Å². The molecule has 0 amide bonds. The lowest BCUT2D eigenvalue weighted by atomic mass is 9.74. The third-order valence-corrected chi connectivity index (χ3v) is 2.30. The van der Waals surface area contributed by atoms with Gasteiger partial charge in [-0.15, -0.1) is 0 Å². The van der Waals surface area contributed by atoms with Crippen molar-refractivity contribution in [3.63, 3.8) is 0 Å². The molecule has 0 fully saturated rings. The summed E-state index contributed by atoms with van der Waals surface area (Å²) in [5.41, 5.74) is 0.0110. The minimum absolute atomic E-state index is 0.687. The van der Waals surface area contributed by atoms with Crippen LogP contribution in [0.25, 0.3) is 0 Å². The van der Waals surface area contributed by atoms with Gasteiger partial charge in [-0.1, -0.05) is 24.3 Å². The van der Waals surface area contributed by atoms with Gasteiger partial charge in [0.15, 0.2) is 0 Å². The molecule has 2 atom stereocenters. The van der Waals surface area contributed by atoms with E-state index in [1.807, 2.05) is 6.08 Å². The molecule has 0 saturated carbocycles. The van der Waals surface area contributed by atoms with Gasteiger partial charge in [0.05, 0.1) is 11.5 Å². The maximum atomic E-state index is 10.6. The maximum absolute atomic E-state index is 10.6. The number of aldehydes is 1. The second kappa shape index (κ2) is 2.62. The lowest BCUT2D eigenvalue weighted by Gasteiger charge is -2.31. The Morgan fingerprint density at radius 2 is 2.55 bits per heavy atom. The van der Waals surface area contributed by atoms with Crippen molar-refractivity contribution in [1.29, 1.82) is 0 Å². The molecule has 2 nitrogen and oxygen atoms in total. The summed E-state index contributed by atoms with van der Waals surface area (Å²) >= 11 is 0. The number of carbonyl (C=O) groups is 1. The van der Waals surface area contributed by atoms with Crippen LogP contribution in [0.15, 0.2) is 24.3 Å². The van der Waals surface area contributed by atoms with Crippen LogP contribution in [-0.2, 0) is 4.79 Å². The van der Waals surface area contributed by atoms with Crippen LogP contribution >= 0.6 is 0 Å². The highest BCUT2D eigenvalue weighted by molar-refractivity contribution is 5.67. The second-order valence-corrected chi connectivity index (χ2v) is 3.08. The molecule has 1 aliphatic carbocycles. The van der Waals surface area contributed by atoms with Crippen LogP contribution in [0.3, 0.4) is 0 Å². The number of hydrogen-bond donors (Lipinski definition) is 1. The Morgan fingerprint density at radius 3 is 2.91 bits per heavy atom. The van der Waals surface area contributed by atoms with Crippen LogP contribution < -0.4 is 0 Å². The summed E-state index contributed by atoms with van der Waals surface area (Å²) in [6, 6.07) is 0. The summed E-state index contributed by atoms with van der Waals surface area (Å²) in [5.74, 6) is 0. The van der Waals surface area contributed by atoms with Crippen molar-refractivity contribution in [2.45, 2.75) is 19.4 Å². The van der Waals surface area contributed by atoms with Crippen LogP contribution in [0.2, 0.25) is 0 Å². The van der Waals surface area contributed by atoms with Gasteiger partial charge in [-0.3, -0.25) is 0 Å². The van der Waals surface area contributed by atoms with Crippen LogP contribution in [0.4, 0.5) is 0 Å². The van der Waals surface area contributed by atoms with E-state index in [9.17, 15) is 9.90 Å². The van der Waals surface area contributed by atoms with Crippen molar-refractivity contribution in [2.24, 2.45) is 5.41 Å². The molecule has 0 aromatic heterocycles. The topological polar surface area (TPSA) is 37.3 Å². The summed E-state index contributed by atoms with van der Waals surface area (Å²) in [5, 5.41) is 9.42. The molecule has 0 aromatic rings. The first-order valence-electron chi connectivity index (χ1n) is 3.60. The lowest BCUT2D eigenvalue weighted by Crippen LogP contribution is -2.35. The molecule has 0 saturated heterocycles. The summed E-state index contributed by atoms with van der Waals surface area (Å²) in [4.78, 5) is 10.6. The summed E-state index contributed by atoms with van der Waals surface area (Å²) < 4.78 is 0. The fraction of sp³-hybridized carbons (Fsp3) is 0.444. The number of aliphatic hydroxyl groups excluding tert-OH is 1. The third kappa shape index (κ3) is 1.14. The first-order chi connectivity index (χ1) is 5.11. The summed E-state index contributed by atoms with van der Waals surface area (Å²) in [6.45, 7) is 5.45. The average molecular weight is 152 g/mol. The van der Waals surface area contributed by atoms with E-state index in [1.54, 1.807) is 13.0 Å².